The highest BCUT2D eigenvalue weighted by molar-refractivity contribution is 5.96. The quantitative estimate of drug-likeness (QED) is 0.523. The van der Waals surface area contributed by atoms with Gasteiger partial charge in [0, 0.05) is 17.7 Å². The number of carbonyl (C=O) groups is 2. The summed E-state index contributed by atoms with van der Waals surface area (Å²) in [5.74, 6) is -0.604. The first-order valence-electron chi connectivity index (χ1n) is 8.44. The van der Waals surface area contributed by atoms with Crippen LogP contribution in [0, 0.1) is 10.1 Å². The molecule has 0 aromatic heterocycles. The third-order valence-corrected chi connectivity index (χ3v) is 4.04. The fourth-order valence-corrected chi connectivity index (χ4v) is 2.53. The van der Waals surface area contributed by atoms with Gasteiger partial charge in [-0.2, -0.15) is 0 Å². The van der Waals surface area contributed by atoms with Crippen LogP contribution in [0.1, 0.15) is 17.3 Å². The lowest BCUT2D eigenvalue weighted by Gasteiger charge is -2.15. The van der Waals surface area contributed by atoms with E-state index in [1.807, 2.05) is 36.4 Å². The first kappa shape index (κ1) is 18.8. The number of hydrazine groups is 1. The smallest absolute Gasteiger partial charge is 0.279 e. The SMILES string of the molecule is C[C@@H](Oc1ccc2ccccc2c1)C(=O)NNC(=O)c1ccc([N+](=O)[O-])cc1. The molecule has 0 fully saturated rings. The summed E-state index contributed by atoms with van der Waals surface area (Å²) >= 11 is 0. The van der Waals surface area contributed by atoms with Crippen molar-refractivity contribution in [2.24, 2.45) is 0 Å². The Morgan fingerprint density at radius 3 is 2.32 bits per heavy atom. The number of nitro benzene ring substituents is 1. The summed E-state index contributed by atoms with van der Waals surface area (Å²) in [4.78, 5) is 34.2. The van der Waals surface area contributed by atoms with Gasteiger partial charge in [0.25, 0.3) is 17.5 Å². The van der Waals surface area contributed by atoms with E-state index in [1.54, 1.807) is 13.0 Å². The van der Waals surface area contributed by atoms with Crippen LogP contribution in [-0.2, 0) is 4.79 Å². The van der Waals surface area contributed by atoms with Crippen LogP contribution < -0.4 is 15.6 Å². The average Bonchev–Trinajstić information content (AvgIpc) is 2.71. The Kier molecular flexibility index (Phi) is 5.50. The summed E-state index contributed by atoms with van der Waals surface area (Å²) < 4.78 is 5.63. The van der Waals surface area contributed by atoms with Crippen molar-refractivity contribution in [3.05, 3.63) is 82.4 Å². The van der Waals surface area contributed by atoms with Crippen LogP contribution in [0.2, 0.25) is 0 Å². The molecule has 0 bridgehead atoms. The highest BCUT2D eigenvalue weighted by atomic mass is 16.6. The summed E-state index contributed by atoms with van der Waals surface area (Å²) in [6.45, 7) is 1.56. The van der Waals surface area contributed by atoms with Gasteiger partial charge in [-0.3, -0.25) is 30.6 Å². The Labute approximate surface area is 160 Å². The highest BCUT2D eigenvalue weighted by Gasteiger charge is 2.16. The number of benzene rings is 3. The summed E-state index contributed by atoms with van der Waals surface area (Å²) in [6, 6.07) is 18.3. The van der Waals surface area contributed by atoms with E-state index in [0.717, 1.165) is 10.8 Å². The molecule has 2 N–H and O–H groups in total. The average molecular weight is 379 g/mol. The normalized spacial score (nSPS) is 11.5. The molecule has 0 spiro atoms. The second-order valence-electron chi connectivity index (χ2n) is 6.02. The van der Waals surface area contributed by atoms with E-state index in [0.29, 0.717) is 5.75 Å². The predicted molar refractivity (Wildman–Crippen MR) is 103 cm³/mol. The van der Waals surface area contributed by atoms with Crippen molar-refractivity contribution < 1.29 is 19.2 Å². The number of non-ortho nitro benzene ring substituents is 1. The summed E-state index contributed by atoms with van der Waals surface area (Å²) in [7, 11) is 0. The molecule has 3 rings (SSSR count). The molecule has 0 aliphatic rings. The number of amides is 2. The molecular formula is C20H17N3O5. The molecule has 8 nitrogen and oxygen atoms in total. The van der Waals surface area contributed by atoms with E-state index >= 15 is 0 Å². The van der Waals surface area contributed by atoms with Crippen LogP contribution in [0.15, 0.2) is 66.7 Å². The third kappa shape index (κ3) is 4.42. The van der Waals surface area contributed by atoms with Crippen molar-refractivity contribution in [3.8, 4) is 5.75 Å². The number of nitrogens with one attached hydrogen (secondary N) is 2. The van der Waals surface area contributed by atoms with E-state index < -0.39 is 22.8 Å². The predicted octanol–water partition coefficient (Wildman–Crippen LogP) is 2.98. The molecule has 1 atom stereocenters. The zero-order valence-electron chi connectivity index (χ0n) is 14.9. The molecule has 0 unspecified atom stereocenters. The fourth-order valence-electron chi connectivity index (χ4n) is 2.53. The van der Waals surface area contributed by atoms with Crippen molar-refractivity contribution in [1.82, 2.24) is 10.9 Å². The minimum absolute atomic E-state index is 0.127. The van der Waals surface area contributed by atoms with E-state index in [-0.39, 0.29) is 11.3 Å². The molecule has 0 radical (unpaired) electrons. The van der Waals surface area contributed by atoms with Gasteiger partial charge in [-0.05, 0) is 42.0 Å². The lowest BCUT2D eigenvalue weighted by Crippen LogP contribution is -2.47. The van der Waals surface area contributed by atoms with Crippen LogP contribution in [0.4, 0.5) is 5.69 Å². The third-order valence-electron chi connectivity index (χ3n) is 4.04. The molecule has 8 heteroatoms. The van der Waals surface area contributed by atoms with E-state index in [1.165, 1.54) is 24.3 Å². The van der Waals surface area contributed by atoms with Gasteiger partial charge in [0.05, 0.1) is 4.92 Å². The minimum Gasteiger partial charge on any atom is -0.481 e. The Balaban J connectivity index is 1.55. The zero-order chi connectivity index (χ0) is 20.1. The Morgan fingerprint density at radius 2 is 1.64 bits per heavy atom. The Bertz CT molecular complexity index is 1030. The maximum atomic E-state index is 12.2. The molecule has 28 heavy (non-hydrogen) atoms. The topological polar surface area (TPSA) is 111 Å². The van der Waals surface area contributed by atoms with E-state index in [4.69, 9.17) is 4.74 Å². The monoisotopic (exact) mass is 379 g/mol. The molecule has 0 aliphatic heterocycles. The molecule has 2 amide bonds. The van der Waals surface area contributed by atoms with Gasteiger partial charge in [0.2, 0.25) is 0 Å². The van der Waals surface area contributed by atoms with Gasteiger partial charge in [0.15, 0.2) is 6.10 Å². The van der Waals surface area contributed by atoms with E-state index in [9.17, 15) is 19.7 Å². The number of hydrogen-bond acceptors (Lipinski definition) is 5. The number of hydrogen-bond donors (Lipinski definition) is 2. The molecule has 142 valence electrons. The molecule has 0 heterocycles. The standard InChI is InChI=1S/C20H17N3O5/c1-13(28-18-11-8-14-4-2-3-5-16(14)12-18)19(24)21-22-20(25)15-6-9-17(10-7-15)23(26)27/h2-13H,1H3,(H,21,24)(H,22,25)/t13-/m1/s1. The molecule has 0 saturated heterocycles. The van der Waals surface area contributed by atoms with Crippen molar-refractivity contribution in [2.75, 3.05) is 0 Å². The number of carbonyl (C=O) groups excluding carboxylic acids is 2. The first-order chi connectivity index (χ1) is 13.4. The highest BCUT2D eigenvalue weighted by Crippen LogP contribution is 2.21. The Morgan fingerprint density at radius 1 is 0.964 bits per heavy atom. The van der Waals surface area contributed by atoms with Crippen molar-refractivity contribution in [2.45, 2.75) is 13.0 Å². The second-order valence-corrected chi connectivity index (χ2v) is 6.02. The lowest BCUT2D eigenvalue weighted by molar-refractivity contribution is -0.384. The summed E-state index contributed by atoms with van der Waals surface area (Å²) in [6.07, 6.45) is -0.849. The van der Waals surface area contributed by atoms with Gasteiger partial charge >= 0.3 is 0 Å². The zero-order valence-corrected chi connectivity index (χ0v) is 14.9. The van der Waals surface area contributed by atoms with Crippen LogP contribution in [0.5, 0.6) is 5.75 Å². The first-order valence-corrected chi connectivity index (χ1v) is 8.44. The Hall–Kier alpha value is -3.94. The molecular weight excluding hydrogens is 362 g/mol. The largest absolute Gasteiger partial charge is 0.481 e. The number of ether oxygens (including phenoxy) is 1. The lowest BCUT2D eigenvalue weighted by atomic mass is 10.1. The number of nitrogens with zero attached hydrogens (tertiary/aromatic N) is 1. The molecule has 3 aromatic rings. The summed E-state index contributed by atoms with van der Waals surface area (Å²) in [5.41, 5.74) is 4.58. The number of fused-ring (bicyclic) bond motifs is 1. The van der Waals surface area contributed by atoms with Crippen LogP contribution in [0.3, 0.4) is 0 Å². The maximum absolute atomic E-state index is 12.2. The maximum Gasteiger partial charge on any atom is 0.279 e. The van der Waals surface area contributed by atoms with Crippen molar-refractivity contribution >= 4 is 28.3 Å². The van der Waals surface area contributed by atoms with Crippen LogP contribution >= 0.6 is 0 Å². The van der Waals surface area contributed by atoms with Crippen LogP contribution in [0.25, 0.3) is 10.8 Å². The van der Waals surface area contributed by atoms with Gasteiger partial charge in [-0.25, -0.2) is 0 Å². The molecule has 3 aromatic carbocycles. The van der Waals surface area contributed by atoms with Gasteiger partial charge in [-0.15, -0.1) is 0 Å². The van der Waals surface area contributed by atoms with E-state index in [2.05, 4.69) is 10.9 Å². The minimum atomic E-state index is -0.849. The number of rotatable bonds is 5. The molecule has 0 saturated carbocycles. The van der Waals surface area contributed by atoms with Gasteiger partial charge < -0.3 is 4.74 Å². The fraction of sp³-hybridized carbons (Fsp3) is 0.100. The summed E-state index contributed by atoms with van der Waals surface area (Å²) in [5, 5.41) is 12.7. The van der Waals surface area contributed by atoms with Gasteiger partial charge in [-0.1, -0.05) is 30.3 Å². The number of nitro groups is 1. The van der Waals surface area contributed by atoms with Crippen molar-refractivity contribution in [3.63, 3.8) is 0 Å². The second kappa shape index (κ2) is 8.17. The van der Waals surface area contributed by atoms with Gasteiger partial charge in [0.1, 0.15) is 5.75 Å². The van der Waals surface area contributed by atoms with Crippen molar-refractivity contribution in [1.29, 1.82) is 0 Å². The van der Waals surface area contributed by atoms with Crippen LogP contribution in [-0.4, -0.2) is 22.8 Å². The molecule has 0 aliphatic carbocycles.